The van der Waals surface area contributed by atoms with Crippen LogP contribution in [-0.2, 0) is 11.2 Å². The molecule has 2 heterocycles. The van der Waals surface area contributed by atoms with Crippen molar-refractivity contribution in [3.05, 3.63) is 24.2 Å². The lowest BCUT2D eigenvalue weighted by Gasteiger charge is -2.31. The van der Waals surface area contributed by atoms with E-state index in [1.165, 1.54) is 0 Å². The molecule has 0 aliphatic carbocycles. The molecule has 116 valence electrons. The Morgan fingerprint density at radius 3 is 2.76 bits per heavy atom. The van der Waals surface area contributed by atoms with Gasteiger partial charge in [0, 0.05) is 25.6 Å². The highest BCUT2D eigenvalue weighted by Crippen LogP contribution is 2.17. The first-order valence-electron chi connectivity index (χ1n) is 7.37. The first-order valence-corrected chi connectivity index (χ1v) is 7.37. The van der Waals surface area contributed by atoms with Gasteiger partial charge in [-0.25, -0.2) is 4.79 Å². The van der Waals surface area contributed by atoms with E-state index in [2.05, 4.69) is 5.32 Å². The van der Waals surface area contributed by atoms with Gasteiger partial charge in [-0.1, -0.05) is 0 Å². The molecular formula is C15H22N2O4. The second kappa shape index (κ2) is 7.15. The molecule has 2 rings (SSSR count). The van der Waals surface area contributed by atoms with Crippen molar-refractivity contribution in [3.8, 4) is 0 Å². The summed E-state index contributed by atoms with van der Waals surface area (Å²) < 4.78 is 5.26. The number of carbonyl (C=O) groups excluding carboxylic acids is 1. The van der Waals surface area contributed by atoms with Gasteiger partial charge in [-0.05, 0) is 38.3 Å². The predicted octanol–water partition coefficient (Wildman–Crippen LogP) is 2.11. The summed E-state index contributed by atoms with van der Waals surface area (Å²) in [6.07, 6.45) is 4.30. The molecule has 1 saturated heterocycles. The minimum absolute atomic E-state index is 0.0554. The molecule has 0 radical (unpaired) electrons. The lowest BCUT2D eigenvalue weighted by molar-refractivity contribution is -0.143. The van der Waals surface area contributed by atoms with Crippen molar-refractivity contribution in [2.24, 2.45) is 5.92 Å². The number of piperidine rings is 1. The Morgan fingerprint density at radius 2 is 2.19 bits per heavy atom. The maximum atomic E-state index is 12.1. The quantitative estimate of drug-likeness (QED) is 0.871. The largest absolute Gasteiger partial charge is 0.481 e. The van der Waals surface area contributed by atoms with Gasteiger partial charge in [-0.3, -0.25) is 4.79 Å². The van der Waals surface area contributed by atoms with Crippen molar-refractivity contribution in [1.29, 1.82) is 0 Å². The van der Waals surface area contributed by atoms with E-state index in [0.29, 0.717) is 25.9 Å². The summed E-state index contributed by atoms with van der Waals surface area (Å²) in [5.41, 5.74) is 0. The fourth-order valence-electron chi connectivity index (χ4n) is 2.52. The van der Waals surface area contributed by atoms with Crippen LogP contribution in [0.5, 0.6) is 0 Å². The number of amides is 2. The number of aliphatic carboxylic acids is 1. The van der Waals surface area contributed by atoms with Gasteiger partial charge in [0.2, 0.25) is 0 Å². The molecule has 2 amide bonds. The molecule has 0 aromatic carbocycles. The van der Waals surface area contributed by atoms with Crippen LogP contribution in [0.15, 0.2) is 22.8 Å². The van der Waals surface area contributed by atoms with E-state index in [-0.39, 0.29) is 18.0 Å². The van der Waals surface area contributed by atoms with Crippen LogP contribution in [0.3, 0.4) is 0 Å². The van der Waals surface area contributed by atoms with Gasteiger partial charge in [0.25, 0.3) is 0 Å². The molecule has 0 spiro atoms. The third-order valence-electron chi connectivity index (χ3n) is 3.91. The molecule has 6 heteroatoms. The molecule has 1 aliphatic heterocycles. The summed E-state index contributed by atoms with van der Waals surface area (Å²) in [6.45, 7) is 2.98. The van der Waals surface area contributed by atoms with Crippen LogP contribution < -0.4 is 5.32 Å². The molecule has 2 N–H and O–H groups in total. The summed E-state index contributed by atoms with van der Waals surface area (Å²) in [4.78, 5) is 24.7. The molecule has 1 aliphatic rings. The first kappa shape index (κ1) is 15.4. The number of furan rings is 1. The van der Waals surface area contributed by atoms with Crippen molar-refractivity contribution in [2.45, 2.75) is 38.6 Å². The number of likely N-dealkylation sites (tertiary alicyclic amines) is 1. The molecule has 1 aromatic rings. The highest BCUT2D eigenvalue weighted by molar-refractivity contribution is 5.75. The topological polar surface area (TPSA) is 82.8 Å². The number of hydrogen-bond acceptors (Lipinski definition) is 3. The number of nitrogens with one attached hydrogen (secondary N) is 1. The predicted molar refractivity (Wildman–Crippen MR) is 77.0 cm³/mol. The third-order valence-corrected chi connectivity index (χ3v) is 3.91. The van der Waals surface area contributed by atoms with Crippen LogP contribution >= 0.6 is 0 Å². The summed E-state index contributed by atoms with van der Waals surface area (Å²) in [5, 5.41) is 11.9. The number of nitrogens with zero attached hydrogens (tertiary/aromatic N) is 1. The highest BCUT2D eigenvalue weighted by atomic mass is 16.4. The standard InChI is InChI=1S/C15H22N2O4/c1-11(4-5-13-3-2-10-21-13)16-15(20)17-8-6-12(7-9-17)14(18)19/h2-3,10-12H,4-9H2,1H3,(H,16,20)(H,18,19). The fraction of sp³-hybridized carbons (Fsp3) is 0.600. The minimum atomic E-state index is -0.762. The van der Waals surface area contributed by atoms with Crippen LogP contribution in [-0.4, -0.2) is 41.1 Å². The van der Waals surface area contributed by atoms with Crippen molar-refractivity contribution < 1.29 is 19.1 Å². The number of hydrogen-bond donors (Lipinski definition) is 2. The van der Waals surface area contributed by atoms with Crippen LogP contribution in [0.2, 0.25) is 0 Å². The first-order chi connectivity index (χ1) is 10.1. The number of urea groups is 1. The summed E-state index contributed by atoms with van der Waals surface area (Å²) in [7, 11) is 0. The second-order valence-electron chi connectivity index (χ2n) is 5.57. The molecular weight excluding hydrogens is 272 g/mol. The van der Waals surface area contributed by atoms with Gasteiger partial charge in [-0.2, -0.15) is 0 Å². The van der Waals surface area contributed by atoms with Crippen LogP contribution in [0, 0.1) is 5.92 Å². The van der Waals surface area contributed by atoms with Gasteiger partial charge < -0.3 is 19.7 Å². The van der Waals surface area contributed by atoms with Gasteiger partial charge in [-0.15, -0.1) is 0 Å². The fourth-order valence-corrected chi connectivity index (χ4v) is 2.52. The van der Waals surface area contributed by atoms with Gasteiger partial charge in [0.05, 0.1) is 12.2 Å². The number of carboxylic acid groups (broad SMARTS) is 1. The van der Waals surface area contributed by atoms with E-state index >= 15 is 0 Å². The van der Waals surface area contributed by atoms with Crippen molar-refractivity contribution in [3.63, 3.8) is 0 Å². The molecule has 1 fully saturated rings. The minimum Gasteiger partial charge on any atom is -0.481 e. The maximum Gasteiger partial charge on any atom is 0.317 e. The van der Waals surface area contributed by atoms with Gasteiger partial charge >= 0.3 is 12.0 Å². The van der Waals surface area contributed by atoms with Crippen molar-refractivity contribution in [2.75, 3.05) is 13.1 Å². The normalized spacial score (nSPS) is 17.5. The second-order valence-corrected chi connectivity index (χ2v) is 5.57. The Balaban J connectivity index is 1.70. The summed E-state index contributed by atoms with van der Waals surface area (Å²) in [6, 6.07) is 3.72. The van der Waals surface area contributed by atoms with Gasteiger partial charge in [0.1, 0.15) is 5.76 Å². The van der Waals surface area contributed by atoms with Crippen molar-refractivity contribution in [1.82, 2.24) is 10.2 Å². The number of rotatable bonds is 5. The number of carboxylic acids is 1. The zero-order chi connectivity index (χ0) is 15.2. The number of carbonyl (C=O) groups is 2. The number of aryl methyl sites for hydroxylation is 1. The average Bonchev–Trinajstić information content (AvgIpc) is 2.98. The summed E-state index contributed by atoms with van der Waals surface area (Å²) in [5.74, 6) is -0.161. The van der Waals surface area contributed by atoms with E-state index in [4.69, 9.17) is 9.52 Å². The van der Waals surface area contributed by atoms with E-state index in [1.807, 2.05) is 19.1 Å². The molecule has 1 aromatic heterocycles. The molecule has 6 nitrogen and oxygen atoms in total. The Kier molecular flexibility index (Phi) is 5.25. The maximum absolute atomic E-state index is 12.1. The SMILES string of the molecule is CC(CCc1ccco1)NC(=O)N1CCC(C(=O)O)CC1. The molecule has 1 atom stereocenters. The molecule has 0 saturated carbocycles. The van der Waals surface area contributed by atoms with Crippen LogP contribution in [0.1, 0.15) is 31.9 Å². The van der Waals surface area contributed by atoms with E-state index in [0.717, 1.165) is 18.6 Å². The third kappa shape index (κ3) is 4.51. The highest BCUT2D eigenvalue weighted by Gasteiger charge is 2.27. The van der Waals surface area contributed by atoms with Gasteiger partial charge in [0.15, 0.2) is 0 Å². The van der Waals surface area contributed by atoms with Crippen LogP contribution in [0.25, 0.3) is 0 Å². The van der Waals surface area contributed by atoms with E-state index in [9.17, 15) is 9.59 Å². The lowest BCUT2D eigenvalue weighted by Crippen LogP contribution is -2.48. The Morgan fingerprint density at radius 1 is 1.48 bits per heavy atom. The smallest absolute Gasteiger partial charge is 0.317 e. The van der Waals surface area contributed by atoms with E-state index in [1.54, 1.807) is 11.2 Å². The Bertz CT molecular complexity index is 464. The zero-order valence-corrected chi connectivity index (χ0v) is 12.2. The monoisotopic (exact) mass is 294 g/mol. The molecule has 1 unspecified atom stereocenters. The van der Waals surface area contributed by atoms with E-state index < -0.39 is 5.97 Å². The average molecular weight is 294 g/mol. The molecule has 0 bridgehead atoms. The Labute approximate surface area is 124 Å². The summed E-state index contributed by atoms with van der Waals surface area (Å²) >= 11 is 0. The van der Waals surface area contributed by atoms with Crippen molar-refractivity contribution >= 4 is 12.0 Å². The van der Waals surface area contributed by atoms with Crippen LogP contribution in [0.4, 0.5) is 4.79 Å². The zero-order valence-electron chi connectivity index (χ0n) is 12.2. The molecule has 21 heavy (non-hydrogen) atoms. The lowest BCUT2D eigenvalue weighted by atomic mass is 9.97. The Hall–Kier alpha value is -1.98.